The number of thioether (sulfide) groups is 1. The zero-order valence-corrected chi connectivity index (χ0v) is 18.7. The molecule has 2 aromatic carbocycles. The van der Waals surface area contributed by atoms with Gasteiger partial charge in [0.2, 0.25) is 11.7 Å². The van der Waals surface area contributed by atoms with E-state index in [0.717, 1.165) is 0 Å². The lowest BCUT2D eigenvalue weighted by Crippen LogP contribution is -2.24. The van der Waals surface area contributed by atoms with Gasteiger partial charge in [-0.15, -0.1) is 16.8 Å². The monoisotopic (exact) mass is 463 g/mol. The van der Waals surface area contributed by atoms with E-state index in [1.807, 2.05) is 18.2 Å². The molecule has 0 saturated heterocycles. The number of benzene rings is 2. The number of aromatic nitrogens is 4. The highest BCUT2D eigenvalue weighted by molar-refractivity contribution is 8.00. The number of nitrogens with one attached hydrogen (secondary N) is 1. The Kier molecular flexibility index (Phi) is 5.51. The molecule has 0 aliphatic carbocycles. The van der Waals surface area contributed by atoms with Gasteiger partial charge in [-0.1, -0.05) is 30.0 Å². The average molecular weight is 464 g/mol. The van der Waals surface area contributed by atoms with Crippen molar-refractivity contribution in [3.8, 4) is 11.5 Å². The molecular formula is C23H21N5O4S. The number of amides is 1. The first-order valence-electron chi connectivity index (χ1n) is 10.4. The molecule has 1 N–H and O–H groups in total. The summed E-state index contributed by atoms with van der Waals surface area (Å²) in [6, 6.07) is 12.6. The normalized spacial score (nSPS) is 13.7. The molecule has 9 nitrogen and oxygen atoms in total. The summed E-state index contributed by atoms with van der Waals surface area (Å²) in [5.41, 5.74) is 1.14. The highest BCUT2D eigenvalue weighted by Gasteiger charge is 2.22. The minimum atomic E-state index is -0.482. The molecule has 10 heteroatoms. The Morgan fingerprint density at radius 1 is 1.21 bits per heavy atom. The number of fused-ring (bicyclic) bond motifs is 4. The maximum Gasteiger partial charge on any atom is 0.263 e. The van der Waals surface area contributed by atoms with Crippen LogP contribution in [-0.2, 0) is 11.3 Å². The van der Waals surface area contributed by atoms with Crippen LogP contribution in [0.25, 0.3) is 16.7 Å². The molecule has 1 amide bonds. The zero-order valence-electron chi connectivity index (χ0n) is 17.9. The van der Waals surface area contributed by atoms with E-state index in [-0.39, 0.29) is 11.5 Å². The van der Waals surface area contributed by atoms with Crippen LogP contribution in [0.15, 0.2) is 65.1 Å². The van der Waals surface area contributed by atoms with Crippen LogP contribution in [0.2, 0.25) is 0 Å². The smallest absolute Gasteiger partial charge is 0.263 e. The van der Waals surface area contributed by atoms with Gasteiger partial charge in [-0.05, 0) is 31.2 Å². The fraction of sp³-hybridized carbons (Fsp3) is 0.217. The molecule has 0 unspecified atom stereocenters. The van der Waals surface area contributed by atoms with Crippen LogP contribution in [0.3, 0.4) is 0 Å². The third-order valence-electron chi connectivity index (χ3n) is 5.25. The minimum absolute atomic E-state index is 0.161. The lowest BCUT2D eigenvalue weighted by Gasteiger charge is -2.19. The van der Waals surface area contributed by atoms with Crippen molar-refractivity contribution in [1.29, 1.82) is 0 Å². The van der Waals surface area contributed by atoms with Gasteiger partial charge in [0.15, 0.2) is 16.7 Å². The number of hydrogen-bond acceptors (Lipinski definition) is 7. The summed E-state index contributed by atoms with van der Waals surface area (Å²) in [6.07, 6.45) is 1.64. The van der Waals surface area contributed by atoms with Crippen molar-refractivity contribution in [3.05, 3.63) is 65.5 Å². The molecular weight excluding hydrogens is 442 g/mol. The third-order valence-corrected chi connectivity index (χ3v) is 6.29. The van der Waals surface area contributed by atoms with E-state index in [9.17, 15) is 9.59 Å². The Bertz CT molecular complexity index is 1440. The van der Waals surface area contributed by atoms with Crippen LogP contribution in [0, 0.1) is 0 Å². The summed E-state index contributed by atoms with van der Waals surface area (Å²) in [6.45, 7) is 6.81. The Labute approximate surface area is 193 Å². The van der Waals surface area contributed by atoms with E-state index >= 15 is 0 Å². The molecule has 2 aromatic heterocycles. The maximum absolute atomic E-state index is 12.9. The van der Waals surface area contributed by atoms with Crippen molar-refractivity contribution in [2.75, 3.05) is 18.5 Å². The van der Waals surface area contributed by atoms with E-state index in [2.05, 4.69) is 22.1 Å². The van der Waals surface area contributed by atoms with E-state index in [1.165, 1.54) is 16.3 Å². The van der Waals surface area contributed by atoms with Gasteiger partial charge in [0.25, 0.3) is 5.56 Å². The highest BCUT2D eigenvalue weighted by atomic mass is 32.2. The molecule has 0 radical (unpaired) electrons. The number of nitrogens with zero attached hydrogens (tertiary/aromatic N) is 4. The summed E-state index contributed by atoms with van der Waals surface area (Å²) in [4.78, 5) is 25.8. The number of para-hydroxylation sites is 1. The van der Waals surface area contributed by atoms with Gasteiger partial charge in [0.1, 0.15) is 13.2 Å². The van der Waals surface area contributed by atoms with Crippen LogP contribution in [0.4, 0.5) is 5.69 Å². The molecule has 168 valence electrons. The van der Waals surface area contributed by atoms with Gasteiger partial charge in [0.05, 0.1) is 16.2 Å². The third kappa shape index (κ3) is 3.82. The van der Waals surface area contributed by atoms with E-state index in [0.29, 0.717) is 58.8 Å². The Morgan fingerprint density at radius 2 is 2.00 bits per heavy atom. The molecule has 1 aliphatic heterocycles. The molecule has 33 heavy (non-hydrogen) atoms. The molecule has 0 bridgehead atoms. The van der Waals surface area contributed by atoms with E-state index < -0.39 is 5.25 Å². The van der Waals surface area contributed by atoms with E-state index in [1.54, 1.807) is 41.7 Å². The molecule has 5 rings (SSSR count). The summed E-state index contributed by atoms with van der Waals surface area (Å²) in [5, 5.41) is 12.0. The van der Waals surface area contributed by atoms with Crippen LogP contribution in [-0.4, -0.2) is 43.5 Å². The van der Waals surface area contributed by atoms with Crippen molar-refractivity contribution >= 4 is 40.0 Å². The second kappa shape index (κ2) is 8.62. The van der Waals surface area contributed by atoms with E-state index in [4.69, 9.17) is 9.47 Å². The number of carbonyl (C=O) groups excluding carboxylic acids is 1. The van der Waals surface area contributed by atoms with Crippen LogP contribution in [0.5, 0.6) is 11.5 Å². The molecule has 1 aliphatic rings. The van der Waals surface area contributed by atoms with Gasteiger partial charge < -0.3 is 14.8 Å². The first-order valence-corrected chi connectivity index (χ1v) is 11.3. The quantitative estimate of drug-likeness (QED) is 0.346. The number of allylic oxidation sites excluding steroid dienone is 1. The minimum Gasteiger partial charge on any atom is -0.486 e. The van der Waals surface area contributed by atoms with Crippen molar-refractivity contribution < 1.29 is 14.3 Å². The highest BCUT2D eigenvalue weighted by Crippen LogP contribution is 2.33. The first kappa shape index (κ1) is 21.1. The zero-order chi connectivity index (χ0) is 22.9. The standard InChI is InChI=1S/C23H21N5O4S/c1-3-10-27-21(30)16-6-4-5-7-17(16)28-22(27)25-26-23(28)33-14(2)20(29)24-15-8-9-18-19(13-15)32-12-11-31-18/h3-9,13-14H,1,10-12H2,2H3,(H,24,29)/t14-/m0/s1. The Morgan fingerprint density at radius 3 is 2.82 bits per heavy atom. The van der Waals surface area contributed by atoms with Crippen LogP contribution < -0.4 is 20.3 Å². The maximum atomic E-state index is 12.9. The summed E-state index contributed by atoms with van der Waals surface area (Å²) < 4.78 is 14.4. The fourth-order valence-corrected chi connectivity index (χ4v) is 4.54. The van der Waals surface area contributed by atoms with Gasteiger partial charge in [-0.2, -0.15) is 0 Å². The van der Waals surface area contributed by atoms with Gasteiger partial charge in [0, 0.05) is 18.3 Å². The molecule has 3 heterocycles. The first-order chi connectivity index (χ1) is 16.1. The second-order valence-corrected chi connectivity index (χ2v) is 8.76. The average Bonchev–Trinajstić information content (AvgIpc) is 3.25. The molecule has 0 fully saturated rings. The number of carbonyl (C=O) groups is 1. The molecule has 1 atom stereocenters. The largest absolute Gasteiger partial charge is 0.486 e. The van der Waals surface area contributed by atoms with Gasteiger partial charge in [-0.25, -0.2) is 0 Å². The van der Waals surface area contributed by atoms with Crippen molar-refractivity contribution in [2.45, 2.75) is 23.9 Å². The topological polar surface area (TPSA) is 99.8 Å². The summed E-state index contributed by atoms with van der Waals surface area (Å²) in [7, 11) is 0. The van der Waals surface area contributed by atoms with Crippen LogP contribution >= 0.6 is 11.8 Å². The van der Waals surface area contributed by atoms with Gasteiger partial charge in [-0.3, -0.25) is 18.6 Å². The number of ether oxygens (including phenoxy) is 2. The summed E-state index contributed by atoms with van der Waals surface area (Å²) >= 11 is 1.26. The van der Waals surface area contributed by atoms with Crippen molar-refractivity contribution in [3.63, 3.8) is 0 Å². The molecule has 0 saturated carbocycles. The number of hydrogen-bond donors (Lipinski definition) is 1. The SMILES string of the molecule is C=CCn1c(=O)c2ccccc2n2c(S[C@@H](C)C(=O)Nc3ccc4c(c3)OCCO4)nnc12. The molecule has 0 spiro atoms. The second-order valence-electron chi connectivity index (χ2n) is 7.45. The fourth-order valence-electron chi connectivity index (χ4n) is 3.68. The lowest BCUT2D eigenvalue weighted by molar-refractivity contribution is -0.115. The Hall–Kier alpha value is -3.79. The van der Waals surface area contributed by atoms with Crippen molar-refractivity contribution in [1.82, 2.24) is 19.2 Å². The predicted molar refractivity (Wildman–Crippen MR) is 126 cm³/mol. The Balaban J connectivity index is 1.45. The lowest BCUT2D eigenvalue weighted by atomic mass is 10.2. The predicted octanol–water partition coefficient (Wildman–Crippen LogP) is 3.12. The van der Waals surface area contributed by atoms with Gasteiger partial charge >= 0.3 is 0 Å². The number of anilines is 1. The van der Waals surface area contributed by atoms with Crippen molar-refractivity contribution in [2.24, 2.45) is 0 Å². The molecule has 4 aromatic rings. The number of rotatable bonds is 6. The van der Waals surface area contributed by atoms with Crippen LogP contribution in [0.1, 0.15) is 6.92 Å². The summed E-state index contributed by atoms with van der Waals surface area (Å²) in [5.74, 6) is 1.47.